The number of sulfonamides is 1. The largest absolute Gasteiger partial charge is 0.506 e. The normalized spacial score (nSPS) is 10.7. The van der Waals surface area contributed by atoms with Crippen molar-refractivity contribution in [3.8, 4) is 5.75 Å². The Morgan fingerprint density at radius 1 is 1.25 bits per heavy atom. The van der Waals surface area contributed by atoms with E-state index in [0.29, 0.717) is 5.82 Å². The smallest absolute Gasteiger partial charge is 0.238 e. The minimum Gasteiger partial charge on any atom is -0.506 e. The molecule has 0 atom stereocenters. The Bertz CT molecular complexity index is 723. The van der Waals surface area contributed by atoms with Gasteiger partial charge in [0.25, 0.3) is 0 Å². The van der Waals surface area contributed by atoms with Crippen molar-refractivity contribution < 1.29 is 13.5 Å². The van der Waals surface area contributed by atoms with Crippen LogP contribution in [0, 0.1) is 0 Å². The summed E-state index contributed by atoms with van der Waals surface area (Å²) in [6.45, 7) is 0. The lowest BCUT2D eigenvalue weighted by atomic mass is 10.3. The van der Waals surface area contributed by atoms with Crippen LogP contribution in [0.3, 0.4) is 0 Å². The molecule has 0 unspecified atom stereocenters. The molecule has 108 valence electrons. The van der Waals surface area contributed by atoms with Gasteiger partial charge in [-0.25, -0.2) is 18.5 Å². The predicted molar refractivity (Wildman–Crippen MR) is 76.5 cm³/mol. The third-order valence-corrected chi connectivity index (χ3v) is 3.14. The predicted octanol–water partition coefficient (Wildman–Crippen LogP) is 0.577. The van der Waals surface area contributed by atoms with Crippen molar-refractivity contribution in [3.63, 3.8) is 0 Å². The van der Waals surface area contributed by atoms with Gasteiger partial charge < -0.3 is 16.2 Å². The number of nitrogen functional groups attached to an aromatic ring is 1. The maximum atomic E-state index is 11.2. The second-order valence-corrected chi connectivity index (χ2v) is 5.21. The molecular formula is C10H12ClN5O3S. The fourth-order valence-corrected chi connectivity index (χ4v) is 1.91. The van der Waals surface area contributed by atoms with Gasteiger partial charge >= 0.3 is 0 Å². The summed E-state index contributed by atoms with van der Waals surface area (Å²) in [7, 11) is -3.85. The molecule has 2 aromatic rings. The van der Waals surface area contributed by atoms with Crippen LogP contribution < -0.4 is 16.2 Å². The SMILES string of the molecule is Cl.Nc1nccc(Nc2cc(S(N)(=O)=O)ccc2O)n1. The highest BCUT2D eigenvalue weighted by atomic mass is 35.5. The summed E-state index contributed by atoms with van der Waals surface area (Å²) < 4.78 is 22.5. The number of phenolic OH excluding ortho intramolecular Hbond substituents is 1. The van der Waals surface area contributed by atoms with Gasteiger partial charge in [-0.1, -0.05) is 0 Å². The van der Waals surface area contributed by atoms with Crippen LogP contribution in [0.4, 0.5) is 17.5 Å². The molecule has 2 rings (SSSR count). The minimum absolute atomic E-state index is 0. The van der Waals surface area contributed by atoms with E-state index in [4.69, 9.17) is 10.9 Å². The number of aromatic hydroxyl groups is 1. The molecule has 6 N–H and O–H groups in total. The molecule has 1 heterocycles. The van der Waals surface area contributed by atoms with Crippen molar-refractivity contribution in [1.29, 1.82) is 0 Å². The topological polar surface area (TPSA) is 144 Å². The molecule has 0 spiro atoms. The van der Waals surface area contributed by atoms with Crippen LogP contribution >= 0.6 is 12.4 Å². The number of primary sulfonamides is 1. The minimum atomic E-state index is -3.85. The molecule has 1 aromatic heterocycles. The Kier molecular flexibility index (Phi) is 4.71. The number of nitrogens with two attached hydrogens (primary N) is 2. The fraction of sp³-hybridized carbons (Fsp3) is 0. The third-order valence-electron chi connectivity index (χ3n) is 2.23. The van der Waals surface area contributed by atoms with Crippen LogP contribution in [0.1, 0.15) is 0 Å². The highest BCUT2D eigenvalue weighted by Crippen LogP contribution is 2.28. The average molecular weight is 318 g/mol. The Morgan fingerprint density at radius 2 is 1.95 bits per heavy atom. The van der Waals surface area contributed by atoms with Gasteiger partial charge in [-0.3, -0.25) is 0 Å². The number of aromatic nitrogens is 2. The van der Waals surface area contributed by atoms with Crippen molar-refractivity contribution in [2.45, 2.75) is 4.90 Å². The van der Waals surface area contributed by atoms with E-state index in [1.807, 2.05) is 0 Å². The van der Waals surface area contributed by atoms with E-state index in [2.05, 4.69) is 15.3 Å². The number of hydrogen-bond donors (Lipinski definition) is 4. The first-order valence-electron chi connectivity index (χ1n) is 5.07. The first kappa shape index (κ1) is 16.0. The third kappa shape index (κ3) is 3.70. The molecule has 1 aromatic carbocycles. The van der Waals surface area contributed by atoms with Crippen LogP contribution in [0.5, 0.6) is 5.75 Å². The van der Waals surface area contributed by atoms with Crippen molar-refractivity contribution in [3.05, 3.63) is 30.5 Å². The van der Waals surface area contributed by atoms with E-state index in [1.165, 1.54) is 30.5 Å². The summed E-state index contributed by atoms with van der Waals surface area (Å²) in [5.74, 6) is 0.214. The maximum Gasteiger partial charge on any atom is 0.238 e. The zero-order chi connectivity index (χ0) is 14.0. The summed E-state index contributed by atoms with van der Waals surface area (Å²) in [5.41, 5.74) is 5.55. The molecule has 0 fully saturated rings. The summed E-state index contributed by atoms with van der Waals surface area (Å²) in [6.07, 6.45) is 1.42. The molecule has 0 aliphatic rings. The van der Waals surface area contributed by atoms with Gasteiger partial charge in [0.2, 0.25) is 16.0 Å². The lowest BCUT2D eigenvalue weighted by Gasteiger charge is -2.09. The number of rotatable bonds is 3. The van der Waals surface area contributed by atoms with Gasteiger partial charge in [0.1, 0.15) is 11.6 Å². The monoisotopic (exact) mass is 317 g/mol. The van der Waals surface area contributed by atoms with Crippen LogP contribution in [0.25, 0.3) is 0 Å². The zero-order valence-electron chi connectivity index (χ0n) is 10.0. The second kappa shape index (κ2) is 5.90. The molecule has 0 aliphatic carbocycles. The Hall–Kier alpha value is -2.10. The van der Waals surface area contributed by atoms with E-state index in [9.17, 15) is 13.5 Å². The molecule has 0 bridgehead atoms. The molecular weight excluding hydrogens is 306 g/mol. The number of halogens is 1. The molecule has 0 aliphatic heterocycles. The number of anilines is 3. The zero-order valence-corrected chi connectivity index (χ0v) is 11.6. The maximum absolute atomic E-state index is 11.2. The van der Waals surface area contributed by atoms with E-state index in [1.54, 1.807) is 0 Å². The van der Waals surface area contributed by atoms with Gasteiger partial charge in [-0.2, -0.15) is 4.98 Å². The molecule has 0 saturated heterocycles. The van der Waals surface area contributed by atoms with E-state index >= 15 is 0 Å². The number of phenols is 1. The van der Waals surface area contributed by atoms with Crippen LogP contribution in [-0.2, 0) is 10.0 Å². The average Bonchev–Trinajstić information content (AvgIpc) is 2.30. The van der Waals surface area contributed by atoms with Crippen LogP contribution in [0.2, 0.25) is 0 Å². The summed E-state index contributed by atoms with van der Waals surface area (Å²) >= 11 is 0. The molecule has 0 radical (unpaired) electrons. The number of hydrogen-bond acceptors (Lipinski definition) is 7. The first-order chi connectivity index (χ1) is 8.86. The van der Waals surface area contributed by atoms with Gasteiger partial charge in [-0.15, -0.1) is 12.4 Å². The number of nitrogens with one attached hydrogen (secondary N) is 1. The lowest BCUT2D eigenvalue weighted by molar-refractivity contribution is 0.477. The highest BCUT2D eigenvalue weighted by Gasteiger charge is 2.11. The van der Waals surface area contributed by atoms with Crippen LogP contribution in [-0.4, -0.2) is 23.5 Å². The van der Waals surface area contributed by atoms with Gasteiger partial charge in [0.15, 0.2) is 0 Å². The first-order valence-corrected chi connectivity index (χ1v) is 6.62. The number of benzene rings is 1. The van der Waals surface area contributed by atoms with Crippen molar-refractivity contribution in [2.75, 3.05) is 11.1 Å². The van der Waals surface area contributed by atoms with Crippen molar-refractivity contribution >= 4 is 39.9 Å². The van der Waals surface area contributed by atoms with E-state index in [0.717, 1.165) is 0 Å². The molecule has 10 heteroatoms. The van der Waals surface area contributed by atoms with E-state index in [-0.39, 0.29) is 34.7 Å². The van der Waals surface area contributed by atoms with Gasteiger partial charge in [0.05, 0.1) is 10.6 Å². The lowest BCUT2D eigenvalue weighted by Crippen LogP contribution is -2.12. The van der Waals surface area contributed by atoms with Crippen molar-refractivity contribution in [1.82, 2.24) is 9.97 Å². The van der Waals surface area contributed by atoms with E-state index < -0.39 is 10.0 Å². The molecule has 20 heavy (non-hydrogen) atoms. The molecule has 0 amide bonds. The Morgan fingerprint density at radius 3 is 2.55 bits per heavy atom. The molecule has 8 nitrogen and oxygen atoms in total. The second-order valence-electron chi connectivity index (χ2n) is 3.65. The highest BCUT2D eigenvalue weighted by molar-refractivity contribution is 7.89. The fourth-order valence-electron chi connectivity index (χ4n) is 1.37. The van der Waals surface area contributed by atoms with Crippen LogP contribution in [0.15, 0.2) is 35.4 Å². The number of nitrogens with zero attached hydrogens (tertiary/aromatic N) is 2. The quantitative estimate of drug-likeness (QED) is 0.606. The van der Waals surface area contributed by atoms with Crippen molar-refractivity contribution in [2.24, 2.45) is 5.14 Å². The van der Waals surface area contributed by atoms with Gasteiger partial charge in [-0.05, 0) is 24.3 Å². The summed E-state index contributed by atoms with van der Waals surface area (Å²) in [5, 5.41) is 17.4. The summed E-state index contributed by atoms with van der Waals surface area (Å²) in [6, 6.07) is 5.12. The standard InChI is InChI=1S/C10H11N5O3S.ClH/c11-10-13-4-3-9(15-10)14-7-5-6(19(12,17)18)1-2-8(7)16;/h1-5,16H,(H2,12,17,18)(H3,11,13,14,15);1H. The van der Waals surface area contributed by atoms with Gasteiger partial charge in [0, 0.05) is 6.20 Å². The Balaban J connectivity index is 0.00000200. The Labute approximate surface area is 121 Å². The summed E-state index contributed by atoms with van der Waals surface area (Å²) in [4.78, 5) is 7.44. The molecule has 0 saturated carbocycles.